The zero-order valence-corrected chi connectivity index (χ0v) is 40.7. The first-order valence-corrected chi connectivity index (χ1v) is 23.5. The third-order valence-electron chi connectivity index (χ3n) is 13.9. The Kier molecular flexibility index (Phi) is 14.4. The predicted molar refractivity (Wildman–Crippen MR) is 256 cm³/mol. The van der Waals surface area contributed by atoms with E-state index in [0.29, 0.717) is 25.8 Å². The second-order valence-corrected chi connectivity index (χ2v) is 20.0. The summed E-state index contributed by atoms with van der Waals surface area (Å²) in [4.78, 5) is 76.7. The minimum absolute atomic E-state index is 0.0227. The van der Waals surface area contributed by atoms with E-state index >= 15 is 4.39 Å². The Balaban J connectivity index is 1.31. The molecule has 0 radical (unpaired) electrons. The number of ether oxygens (including phenoxy) is 2. The van der Waals surface area contributed by atoms with Crippen LogP contribution >= 0.6 is 0 Å². The number of carbonyl (C=O) groups is 5. The first-order chi connectivity index (χ1) is 32.2. The number of likely N-dealkylation sites (N-methyl/N-ethyl adjacent to an activating group) is 1. The van der Waals surface area contributed by atoms with Crippen molar-refractivity contribution >= 4 is 40.5 Å². The highest BCUT2D eigenvalue weighted by molar-refractivity contribution is 5.97. The summed E-state index contributed by atoms with van der Waals surface area (Å²) in [6.07, 6.45) is 1.75. The molecule has 0 unspecified atom stereocenters. The highest BCUT2D eigenvalue weighted by Crippen LogP contribution is 2.42. The van der Waals surface area contributed by atoms with Gasteiger partial charge in [-0.3, -0.25) is 29.2 Å². The number of esters is 1. The summed E-state index contributed by atoms with van der Waals surface area (Å²) in [7, 11) is 2.97. The molecule has 6 bridgehead atoms. The zero-order chi connectivity index (χ0) is 49.5. The number of amides is 4. The van der Waals surface area contributed by atoms with Gasteiger partial charge in [-0.05, 0) is 98.5 Å². The molecule has 0 spiro atoms. The summed E-state index contributed by atoms with van der Waals surface area (Å²) in [6.45, 7) is 16.6. The van der Waals surface area contributed by atoms with Crippen molar-refractivity contribution in [2.75, 3.05) is 40.4 Å². The Morgan fingerprint density at radius 1 is 1.10 bits per heavy atom. The molecule has 68 heavy (non-hydrogen) atoms. The summed E-state index contributed by atoms with van der Waals surface area (Å²) in [6, 6.07) is 15.7. The topological polar surface area (TPSA) is 176 Å². The van der Waals surface area contributed by atoms with Crippen molar-refractivity contribution < 1.29 is 42.9 Å². The van der Waals surface area contributed by atoms with Gasteiger partial charge < -0.3 is 34.3 Å². The molecule has 3 N–H and O–H groups in total. The first kappa shape index (κ1) is 49.9. The standard InChI is InChI=1S/C52H66FN7O8/c1-11-42(61)58-28-41(53)52(66,29-58)48(64)57(9)44(31(3)4)46(62)55-39-25-33-16-13-17-34(24-33)35-19-20-40-37(26-35)38(45(59(40)12-2)36-18-14-22-54-43(36)32(5)67-10)27-50(6,7)30-68-49(65)51(8)21-15-23-60(56-51)47(39)63/h11,13-14,16-20,22,24,26,31-32,39,41,44,56,66H,1,12,15,21,23,25,27-30H2,2-10H3,(H,55,62)/t32-,39-,41-,44-,51+,52-/m0/s1. The summed E-state index contributed by atoms with van der Waals surface area (Å²) in [5.41, 5.74) is 6.11. The van der Waals surface area contributed by atoms with E-state index in [1.54, 1.807) is 34.1 Å². The van der Waals surface area contributed by atoms with Crippen molar-refractivity contribution in [3.05, 3.63) is 90.3 Å². The average molecular weight is 936 g/mol. The number of aromatic nitrogens is 2. The van der Waals surface area contributed by atoms with Crippen LogP contribution in [0.15, 0.2) is 73.4 Å². The first-order valence-electron chi connectivity index (χ1n) is 23.5. The van der Waals surface area contributed by atoms with Crippen LogP contribution in [-0.2, 0) is 52.8 Å². The number of nitrogens with zero attached hydrogens (tertiary/aromatic N) is 5. The maximum Gasteiger partial charge on any atom is 0.327 e. The fraction of sp³-hybridized carbons (Fsp3) is 0.500. The molecule has 0 aliphatic carbocycles. The third-order valence-corrected chi connectivity index (χ3v) is 13.9. The van der Waals surface area contributed by atoms with Gasteiger partial charge in [-0.2, -0.15) is 0 Å². The fourth-order valence-electron chi connectivity index (χ4n) is 10.1. The highest BCUT2D eigenvalue weighted by Gasteiger charge is 2.55. The SMILES string of the molecule is C=CC(=O)N1C[C@H](F)[C@](O)(C(=O)N(C)[C@H](C(=O)N[C@H]2Cc3cccc(c3)-c3ccc4c(c3)c(c(-c3cccnc3[C@H](C)OC)n4CC)CC(C)(C)COC(=O)[C@@]3(C)CCCN(N3)C2=O)C(C)C)C1. The average Bonchev–Trinajstić information content (AvgIpc) is 3.80. The molecule has 4 amide bonds. The van der Waals surface area contributed by atoms with Crippen LogP contribution in [0.25, 0.3) is 33.3 Å². The van der Waals surface area contributed by atoms with Gasteiger partial charge in [0.25, 0.3) is 11.8 Å². The maximum absolute atomic E-state index is 15.5. The minimum atomic E-state index is -2.61. The molecule has 2 saturated heterocycles. The van der Waals surface area contributed by atoms with Crippen molar-refractivity contribution in [3.63, 3.8) is 0 Å². The van der Waals surface area contributed by atoms with Crippen molar-refractivity contribution in [2.24, 2.45) is 11.3 Å². The van der Waals surface area contributed by atoms with Gasteiger partial charge in [0, 0.05) is 61.7 Å². The van der Waals surface area contributed by atoms with Crippen LogP contribution < -0.4 is 10.7 Å². The molecule has 2 fully saturated rings. The Hall–Kier alpha value is -5.97. The van der Waals surface area contributed by atoms with Gasteiger partial charge in [0.15, 0.2) is 11.8 Å². The lowest BCUT2D eigenvalue weighted by Crippen LogP contribution is -2.66. The summed E-state index contributed by atoms with van der Waals surface area (Å²) in [5, 5.41) is 16.7. The van der Waals surface area contributed by atoms with Gasteiger partial charge in [-0.1, -0.05) is 64.6 Å². The van der Waals surface area contributed by atoms with E-state index in [-0.39, 0.29) is 25.7 Å². The number of aliphatic hydroxyl groups is 1. The second-order valence-electron chi connectivity index (χ2n) is 20.0. The normalized spacial score (nSPS) is 24.0. The van der Waals surface area contributed by atoms with Gasteiger partial charge in [0.2, 0.25) is 11.8 Å². The number of nitrogens with one attached hydrogen (secondary N) is 2. The molecule has 4 aromatic rings. The van der Waals surface area contributed by atoms with Crippen LogP contribution in [0.3, 0.4) is 0 Å². The Morgan fingerprint density at radius 3 is 2.53 bits per heavy atom. The minimum Gasteiger partial charge on any atom is -0.464 e. The summed E-state index contributed by atoms with van der Waals surface area (Å²) in [5.74, 6) is -4.05. The van der Waals surface area contributed by atoms with Gasteiger partial charge >= 0.3 is 5.97 Å². The van der Waals surface area contributed by atoms with E-state index in [4.69, 9.17) is 14.5 Å². The lowest BCUT2D eigenvalue weighted by Gasteiger charge is -2.41. The molecule has 6 atom stereocenters. The number of likely N-dealkylation sites (tertiary alicyclic amines) is 1. The van der Waals surface area contributed by atoms with Gasteiger partial charge in [-0.15, -0.1) is 0 Å². The van der Waals surface area contributed by atoms with E-state index < -0.39 is 83.4 Å². The van der Waals surface area contributed by atoms with Gasteiger partial charge in [0.1, 0.15) is 17.6 Å². The molecule has 16 heteroatoms. The highest BCUT2D eigenvalue weighted by atomic mass is 19.1. The molecule has 3 aliphatic heterocycles. The van der Waals surface area contributed by atoms with Crippen molar-refractivity contribution in [1.82, 2.24) is 35.1 Å². The molecule has 0 saturated carbocycles. The molecular formula is C52H66FN7O8. The number of β-amino-alcohol motifs (C(OH)–C–C–N with tert-alkyl or cyclic N) is 1. The number of pyridine rings is 1. The van der Waals surface area contributed by atoms with Crippen LogP contribution in [0.2, 0.25) is 0 Å². The Bertz CT molecular complexity index is 2610. The van der Waals surface area contributed by atoms with E-state index in [2.05, 4.69) is 66.9 Å². The zero-order valence-electron chi connectivity index (χ0n) is 40.7. The van der Waals surface area contributed by atoms with Crippen LogP contribution in [-0.4, -0.2) is 129 Å². The number of hydrogen-bond donors (Lipinski definition) is 3. The summed E-state index contributed by atoms with van der Waals surface area (Å²) >= 11 is 0. The van der Waals surface area contributed by atoms with Crippen LogP contribution in [0, 0.1) is 11.3 Å². The number of hydrazine groups is 1. The smallest absolute Gasteiger partial charge is 0.327 e. The number of alkyl halides is 1. The van der Waals surface area contributed by atoms with Crippen molar-refractivity contribution in [2.45, 2.75) is 116 Å². The van der Waals surface area contributed by atoms with Crippen LogP contribution in [0.4, 0.5) is 4.39 Å². The molecule has 364 valence electrons. The second kappa shape index (κ2) is 19.6. The quantitative estimate of drug-likeness (QED) is 0.132. The molecule has 3 aliphatic rings. The largest absolute Gasteiger partial charge is 0.464 e. The Morgan fingerprint density at radius 2 is 1.84 bits per heavy atom. The lowest BCUT2D eigenvalue weighted by atomic mass is 9.84. The van der Waals surface area contributed by atoms with Crippen LogP contribution in [0.1, 0.15) is 84.2 Å². The number of carbonyl (C=O) groups excluding carboxylic acids is 5. The number of cyclic esters (lactones) is 1. The molecule has 5 heterocycles. The van der Waals surface area contributed by atoms with Crippen LogP contribution in [0.5, 0.6) is 0 Å². The van der Waals surface area contributed by atoms with E-state index in [0.717, 1.165) is 66.0 Å². The van der Waals surface area contributed by atoms with E-state index in [9.17, 15) is 29.1 Å². The maximum atomic E-state index is 15.5. The summed E-state index contributed by atoms with van der Waals surface area (Å²) < 4.78 is 29.8. The number of rotatable bonds is 10. The molecule has 2 aromatic heterocycles. The fourth-order valence-corrected chi connectivity index (χ4v) is 10.1. The van der Waals surface area contributed by atoms with E-state index in [1.165, 1.54) is 12.1 Å². The number of aryl methyl sites for hydroxylation is 1. The molecule has 7 rings (SSSR count). The predicted octanol–water partition coefficient (Wildman–Crippen LogP) is 5.72. The number of methoxy groups -OCH3 is 1. The van der Waals surface area contributed by atoms with Gasteiger partial charge in [-0.25, -0.2) is 14.6 Å². The number of benzene rings is 2. The Labute approximate surface area is 398 Å². The van der Waals surface area contributed by atoms with Crippen molar-refractivity contribution in [1.29, 1.82) is 0 Å². The molecular weight excluding hydrogens is 870 g/mol. The number of fused-ring (bicyclic) bond motifs is 6. The third kappa shape index (κ3) is 9.55. The number of halogens is 1. The lowest BCUT2D eigenvalue weighted by molar-refractivity contribution is -0.162. The van der Waals surface area contributed by atoms with Gasteiger partial charge in [0.05, 0.1) is 37.2 Å². The van der Waals surface area contributed by atoms with E-state index in [1.807, 2.05) is 37.3 Å². The molecule has 2 aromatic carbocycles. The molecule has 15 nitrogen and oxygen atoms in total. The monoisotopic (exact) mass is 935 g/mol. The van der Waals surface area contributed by atoms with Crippen molar-refractivity contribution in [3.8, 4) is 22.4 Å². The number of hydrogen-bond acceptors (Lipinski definition) is 10.